The largest absolute Gasteiger partial charge is 0.341 e. The highest BCUT2D eigenvalue weighted by Crippen LogP contribution is 2.34. The smallest absolute Gasteiger partial charge is 0.228 e. The summed E-state index contributed by atoms with van der Waals surface area (Å²) < 4.78 is 11.7. The van der Waals surface area contributed by atoms with Crippen molar-refractivity contribution in [1.82, 2.24) is 15.0 Å². The molecule has 1 unspecified atom stereocenters. The van der Waals surface area contributed by atoms with Crippen molar-refractivity contribution >= 4 is 44.7 Å². The van der Waals surface area contributed by atoms with E-state index in [0.717, 1.165) is 46.2 Å². The first-order valence-corrected chi connectivity index (χ1v) is 12.1. The van der Waals surface area contributed by atoms with E-state index in [-0.39, 0.29) is 5.78 Å². The van der Waals surface area contributed by atoms with Crippen molar-refractivity contribution in [3.63, 3.8) is 0 Å². The number of Topliss-reactive ketones (excluding diaryl/α,β-unsaturated/α-hetero) is 1. The van der Waals surface area contributed by atoms with Crippen molar-refractivity contribution in [2.45, 2.75) is 31.2 Å². The topological polar surface area (TPSA) is 88.1 Å². The van der Waals surface area contributed by atoms with E-state index in [9.17, 15) is 9.00 Å². The van der Waals surface area contributed by atoms with Crippen LogP contribution >= 0.6 is 11.3 Å². The van der Waals surface area contributed by atoms with Crippen LogP contribution in [0.1, 0.15) is 24.8 Å². The first-order valence-electron chi connectivity index (χ1n) is 9.76. The lowest BCUT2D eigenvalue weighted by atomic mass is 10.1. The van der Waals surface area contributed by atoms with Crippen LogP contribution in [0.5, 0.6) is 0 Å². The Hall–Kier alpha value is -2.65. The fourth-order valence-corrected chi connectivity index (χ4v) is 4.79. The van der Waals surface area contributed by atoms with Crippen LogP contribution in [0.2, 0.25) is 0 Å². The molecule has 9 heteroatoms. The van der Waals surface area contributed by atoms with Gasteiger partial charge in [0, 0.05) is 37.3 Å². The predicted molar refractivity (Wildman–Crippen MR) is 121 cm³/mol. The molecule has 0 saturated carbocycles. The second kappa shape index (κ2) is 9.01. The third kappa shape index (κ3) is 4.91. The number of nitrogens with zero attached hydrogens (tertiary/aromatic N) is 4. The zero-order valence-electron chi connectivity index (χ0n) is 16.9. The van der Waals surface area contributed by atoms with E-state index >= 15 is 0 Å². The average molecular weight is 442 g/mol. The van der Waals surface area contributed by atoms with Gasteiger partial charge >= 0.3 is 0 Å². The molecule has 0 bridgehead atoms. The monoisotopic (exact) mass is 441 g/mol. The van der Waals surface area contributed by atoms with Crippen molar-refractivity contribution in [3.8, 4) is 10.4 Å². The maximum absolute atomic E-state index is 12.0. The number of thiazole rings is 1. The summed E-state index contributed by atoms with van der Waals surface area (Å²) >= 11 is 1.60. The number of hydrogen-bond acceptors (Lipinski definition) is 8. The van der Waals surface area contributed by atoms with Gasteiger partial charge in [-0.05, 0) is 49.1 Å². The van der Waals surface area contributed by atoms with Gasteiger partial charge in [-0.3, -0.25) is 9.00 Å². The van der Waals surface area contributed by atoms with Gasteiger partial charge in [-0.2, -0.15) is 0 Å². The Bertz CT molecular complexity index is 1100. The average Bonchev–Trinajstić information content (AvgIpc) is 3.10. The molecule has 30 heavy (non-hydrogen) atoms. The Morgan fingerprint density at radius 3 is 2.90 bits per heavy atom. The maximum atomic E-state index is 12.0. The van der Waals surface area contributed by atoms with Crippen molar-refractivity contribution < 1.29 is 9.00 Å². The molecular formula is C21H23N5O2S2. The van der Waals surface area contributed by atoms with Gasteiger partial charge in [-0.25, -0.2) is 15.0 Å². The molecule has 3 aromatic rings. The third-order valence-corrected chi connectivity index (χ3v) is 6.73. The van der Waals surface area contributed by atoms with Crippen LogP contribution in [0.15, 0.2) is 41.7 Å². The second-order valence-corrected chi connectivity index (χ2v) is 9.65. The van der Waals surface area contributed by atoms with Gasteiger partial charge in [0.25, 0.3) is 0 Å². The van der Waals surface area contributed by atoms with Crippen molar-refractivity contribution in [2.24, 2.45) is 0 Å². The van der Waals surface area contributed by atoms with E-state index in [1.807, 2.05) is 25.3 Å². The quantitative estimate of drug-likeness (QED) is 0.600. The van der Waals surface area contributed by atoms with Crippen LogP contribution in [0.3, 0.4) is 0 Å². The van der Waals surface area contributed by atoms with Crippen LogP contribution in [0.4, 0.5) is 16.8 Å². The molecule has 7 nitrogen and oxygen atoms in total. The van der Waals surface area contributed by atoms with E-state index < -0.39 is 10.8 Å². The molecular weight excluding hydrogens is 418 g/mol. The van der Waals surface area contributed by atoms with Crippen LogP contribution < -0.4 is 10.2 Å². The number of aryl methyl sites for hydroxylation is 1. The summed E-state index contributed by atoms with van der Waals surface area (Å²) in [5.41, 5.74) is 2.98. The molecule has 1 aliphatic heterocycles. The van der Waals surface area contributed by atoms with Gasteiger partial charge in [-0.15, -0.1) is 0 Å². The molecule has 1 saturated heterocycles. The fraction of sp³-hybridized carbons (Fsp3) is 0.333. The number of carbonyl (C=O) groups is 1. The molecule has 1 atom stereocenters. The number of benzene rings is 1. The predicted octanol–water partition coefficient (Wildman–Crippen LogP) is 3.95. The second-order valence-electron chi connectivity index (χ2n) is 7.31. The first-order chi connectivity index (χ1) is 14.5. The van der Waals surface area contributed by atoms with Crippen LogP contribution in [0.25, 0.3) is 10.4 Å². The molecule has 0 aliphatic carbocycles. The van der Waals surface area contributed by atoms with Gasteiger partial charge in [0.05, 0.1) is 22.2 Å². The lowest BCUT2D eigenvalue weighted by molar-refractivity contribution is -0.117. The van der Waals surface area contributed by atoms with Gasteiger partial charge in [0.2, 0.25) is 5.95 Å². The molecule has 0 spiro atoms. The van der Waals surface area contributed by atoms with Crippen LogP contribution in [-0.4, -0.2) is 44.3 Å². The standard InChI is InChI=1S/C21H23N5O2S2/c1-14-9-15(11-16(10-14)24-20-22-7-6-19(25-20)30(2)28)18-12-23-21(29-18)26-8-4-3-5-17(27)13-26/h6-7,9-12H,3-5,8,13H2,1-2H3,(H,22,24,25). The zero-order valence-corrected chi connectivity index (χ0v) is 18.6. The van der Waals surface area contributed by atoms with E-state index in [4.69, 9.17) is 0 Å². The molecule has 156 valence electrons. The van der Waals surface area contributed by atoms with E-state index in [1.54, 1.807) is 29.9 Å². The minimum Gasteiger partial charge on any atom is -0.341 e. The molecule has 1 aromatic carbocycles. The third-order valence-electron chi connectivity index (χ3n) is 4.81. The number of aromatic nitrogens is 3. The minimum absolute atomic E-state index is 0.279. The fourth-order valence-electron chi connectivity index (χ4n) is 3.39. The minimum atomic E-state index is -1.17. The number of anilines is 3. The van der Waals surface area contributed by atoms with Gasteiger partial charge in [-0.1, -0.05) is 17.4 Å². The van der Waals surface area contributed by atoms with Crippen molar-refractivity contribution in [3.05, 3.63) is 42.2 Å². The highest BCUT2D eigenvalue weighted by atomic mass is 32.2. The molecule has 2 aromatic heterocycles. The molecule has 3 heterocycles. The molecule has 1 fully saturated rings. The van der Waals surface area contributed by atoms with E-state index in [2.05, 4.69) is 31.2 Å². The lowest BCUT2D eigenvalue weighted by Crippen LogP contribution is -2.27. The number of nitrogens with one attached hydrogen (secondary N) is 1. The summed E-state index contributed by atoms with van der Waals surface area (Å²) in [6, 6.07) is 7.79. The highest BCUT2D eigenvalue weighted by molar-refractivity contribution is 7.84. The Kier molecular flexibility index (Phi) is 6.19. The highest BCUT2D eigenvalue weighted by Gasteiger charge is 2.18. The first kappa shape index (κ1) is 20.6. The summed E-state index contributed by atoms with van der Waals surface area (Å²) in [5.74, 6) is 0.689. The molecule has 0 radical (unpaired) electrons. The van der Waals surface area contributed by atoms with Gasteiger partial charge in [0.15, 0.2) is 10.9 Å². The SMILES string of the molecule is Cc1cc(Nc2nccc(S(C)=O)n2)cc(-c2cnc(N3CCCCC(=O)C3)s2)c1. The summed E-state index contributed by atoms with van der Waals surface area (Å²) in [6.07, 6.45) is 7.69. The number of ketones is 1. The van der Waals surface area contributed by atoms with Crippen LogP contribution in [0, 0.1) is 6.92 Å². The number of hydrogen-bond donors (Lipinski definition) is 1. The van der Waals surface area contributed by atoms with Crippen LogP contribution in [-0.2, 0) is 15.6 Å². The lowest BCUT2D eigenvalue weighted by Gasteiger charge is -2.17. The normalized spacial score (nSPS) is 15.7. The summed E-state index contributed by atoms with van der Waals surface area (Å²) in [5, 5.41) is 4.58. The Labute approximate surface area is 182 Å². The van der Waals surface area contributed by atoms with Crippen molar-refractivity contribution in [2.75, 3.05) is 29.6 Å². The zero-order chi connectivity index (χ0) is 21.1. The summed E-state index contributed by atoms with van der Waals surface area (Å²) in [7, 11) is -1.17. The summed E-state index contributed by atoms with van der Waals surface area (Å²) in [6.45, 7) is 3.34. The Morgan fingerprint density at radius 2 is 2.07 bits per heavy atom. The van der Waals surface area contributed by atoms with E-state index in [1.165, 1.54) is 0 Å². The summed E-state index contributed by atoms with van der Waals surface area (Å²) in [4.78, 5) is 28.2. The Balaban J connectivity index is 1.58. The van der Waals surface area contributed by atoms with Gasteiger partial charge < -0.3 is 10.2 Å². The molecule has 0 amide bonds. The number of rotatable bonds is 5. The molecule has 1 N–H and O–H groups in total. The maximum Gasteiger partial charge on any atom is 0.228 e. The van der Waals surface area contributed by atoms with Crippen molar-refractivity contribution in [1.29, 1.82) is 0 Å². The number of carbonyl (C=O) groups excluding carboxylic acids is 1. The molecule has 1 aliphatic rings. The van der Waals surface area contributed by atoms with Gasteiger partial charge in [0.1, 0.15) is 5.03 Å². The molecule has 4 rings (SSSR count). The Morgan fingerprint density at radius 1 is 1.20 bits per heavy atom. The van der Waals surface area contributed by atoms with E-state index in [0.29, 0.717) is 23.9 Å².